The summed E-state index contributed by atoms with van der Waals surface area (Å²) in [4.78, 5) is 24.7. The first-order chi connectivity index (χ1) is 21.2. The lowest BCUT2D eigenvalue weighted by atomic mass is 9.84. The van der Waals surface area contributed by atoms with E-state index in [1.165, 1.54) is 28.5 Å². The molecule has 0 spiro atoms. The number of benzene rings is 1. The third kappa shape index (κ3) is 8.32. The molecule has 5 rings (SSSR count). The Labute approximate surface area is 258 Å². The molecule has 2 aromatic heterocycles. The van der Waals surface area contributed by atoms with Gasteiger partial charge < -0.3 is 24.2 Å². The van der Waals surface area contributed by atoms with E-state index < -0.39 is 12.1 Å². The van der Waals surface area contributed by atoms with Gasteiger partial charge in [-0.1, -0.05) is 27.2 Å². The van der Waals surface area contributed by atoms with Crippen LogP contribution in [-0.2, 0) is 21.5 Å². The number of aromatic nitrogens is 4. The van der Waals surface area contributed by atoms with Gasteiger partial charge in [0.15, 0.2) is 11.4 Å². The number of hydrogen-bond donors (Lipinski definition) is 2. The standard InChI is InChI=1S/C28H38N6O4.C2HF3O2/c1-28(2,3)21-16-19(17-22(26(21)36-4)32-12-14-37-15-13-32)23(35)18-33-27(29)34-24(30-33)10-11-25(31-34)38-20-8-6-5-7-9-20;3-2(4,5)1(6)7/h10-11,16-17,20,29H,5-9,12-15,18H2,1-4H3;(H,6,7). The maximum atomic E-state index is 13.6. The van der Waals surface area contributed by atoms with Crippen LogP contribution in [-0.4, -0.2) is 81.9 Å². The fourth-order valence-corrected chi connectivity index (χ4v) is 5.25. The maximum Gasteiger partial charge on any atom is 0.490 e. The monoisotopic (exact) mass is 636 g/mol. The largest absolute Gasteiger partial charge is 0.494 e. The number of alkyl halides is 3. The maximum absolute atomic E-state index is 13.6. The van der Waals surface area contributed by atoms with Crippen molar-refractivity contribution in [3.8, 4) is 11.6 Å². The summed E-state index contributed by atoms with van der Waals surface area (Å²) in [6.45, 7) is 8.98. The highest BCUT2D eigenvalue weighted by Crippen LogP contribution is 2.40. The summed E-state index contributed by atoms with van der Waals surface area (Å²) in [5.74, 6) is -1.62. The van der Waals surface area contributed by atoms with Crippen LogP contribution < -0.4 is 20.0 Å². The molecule has 0 atom stereocenters. The van der Waals surface area contributed by atoms with E-state index in [1.54, 1.807) is 19.2 Å². The number of carboxylic acid groups (broad SMARTS) is 1. The number of rotatable bonds is 7. The number of carbonyl (C=O) groups is 2. The van der Waals surface area contributed by atoms with Crippen LogP contribution in [0.25, 0.3) is 5.65 Å². The second-order valence-electron chi connectivity index (χ2n) is 12.0. The molecule has 0 amide bonds. The molecule has 1 aliphatic carbocycles. The van der Waals surface area contributed by atoms with E-state index in [4.69, 9.17) is 29.5 Å². The number of nitrogens with one attached hydrogen (secondary N) is 1. The van der Waals surface area contributed by atoms with Crippen molar-refractivity contribution in [1.29, 1.82) is 5.41 Å². The zero-order valence-electron chi connectivity index (χ0n) is 25.8. The van der Waals surface area contributed by atoms with Crippen molar-refractivity contribution in [2.45, 2.75) is 77.1 Å². The lowest BCUT2D eigenvalue weighted by molar-refractivity contribution is -0.192. The third-order valence-electron chi connectivity index (χ3n) is 7.59. The molecule has 3 heterocycles. The first-order valence-corrected chi connectivity index (χ1v) is 14.8. The quantitative estimate of drug-likeness (QED) is 0.361. The average molecular weight is 637 g/mol. The minimum Gasteiger partial charge on any atom is -0.494 e. The van der Waals surface area contributed by atoms with Crippen LogP contribution in [0.5, 0.6) is 11.6 Å². The molecule has 45 heavy (non-hydrogen) atoms. The minimum atomic E-state index is -5.08. The summed E-state index contributed by atoms with van der Waals surface area (Å²) in [5, 5.41) is 24.8. The normalized spacial score (nSPS) is 16.2. The number of hydrogen-bond acceptors (Lipinski definition) is 9. The number of ketones is 1. The number of fused-ring (bicyclic) bond motifs is 1. The van der Waals surface area contributed by atoms with Crippen molar-refractivity contribution in [3.63, 3.8) is 0 Å². The number of halogens is 3. The molecule has 3 aromatic rings. The topological polar surface area (TPSA) is 144 Å². The number of carboxylic acids is 1. The van der Waals surface area contributed by atoms with Gasteiger partial charge in [-0.05, 0) is 49.3 Å². The van der Waals surface area contributed by atoms with Gasteiger partial charge in [0.05, 0.1) is 26.0 Å². The highest BCUT2D eigenvalue weighted by atomic mass is 19.4. The lowest BCUT2D eigenvalue weighted by Crippen LogP contribution is -2.37. The molecule has 246 valence electrons. The SMILES string of the molecule is COc1c(N2CCOCC2)cc(C(=O)Cn2nc3ccc(OC4CCCCC4)nn3c2=N)cc1C(C)(C)C.O=C(O)C(F)(F)F. The van der Waals surface area contributed by atoms with Crippen molar-refractivity contribution in [3.05, 3.63) is 41.0 Å². The molecule has 15 heteroatoms. The first-order valence-electron chi connectivity index (χ1n) is 14.8. The van der Waals surface area contributed by atoms with Crippen molar-refractivity contribution >= 4 is 23.1 Å². The van der Waals surface area contributed by atoms with Gasteiger partial charge in [-0.15, -0.1) is 10.2 Å². The van der Waals surface area contributed by atoms with Gasteiger partial charge in [-0.2, -0.15) is 17.7 Å². The van der Waals surface area contributed by atoms with Crippen LogP contribution in [0.1, 0.15) is 68.8 Å². The summed E-state index contributed by atoms with van der Waals surface area (Å²) in [5.41, 5.74) is 2.71. The van der Waals surface area contributed by atoms with Gasteiger partial charge in [-0.25, -0.2) is 9.48 Å². The lowest BCUT2D eigenvalue weighted by Gasteiger charge is -2.33. The molecule has 1 aliphatic heterocycles. The van der Waals surface area contributed by atoms with Crippen LogP contribution >= 0.6 is 0 Å². The number of methoxy groups -OCH3 is 1. The van der Waals surface area contributed by atoms with E-state index in [0.29, 0.717) is 30.3 Å². The van der Waals surface area contributed by atoms with Gasteiger partial charge in [0.25, 0.3) is 0 Å². The molecule has 1 saturated carbocycles. The second-order valence-corrected chi connectivity index (χ2v) is 12.0. The molecule has 12 nitrogen and oxygen atoms in total. The zero-order chi connectivity index (χ0) is 32.9. The van der Waals surface area contributed by atoms with Crippen molar-refractivity contribution in [2.24, 2.45) is 0 Å². The predicted molar refractivity (Wildman–Crippen MR) is 157 cm³/mol. The molecule has 0 bridgehead atoms. The van der Waals surface area contributed by atoms with E-state index >= 15 is 0 Å². The smallest absolute Gasteiger partial charge is 0.490 e. The Morgan fingerprint density at radius 3 is 2.29 bits per heavy atom. The van der Waals surface area contributed by atoms with Crippen LogP contribution in [0.2, 0.25) is 0 Å². The third-order valence-corrected chi connectivity index (χ3v) is 7.59. The Bertz CT molecular complexity index is 1570. The van der Waals surface area contributed by atoms with Gasteiger partial charge in [0, 0.05) is 30.3 Å². The first kappa shape index (κ1) is 33.7. The summed E-state index contributed by atoms with van der Waals surface area (Å²) < 4.78 is 52.0. The molecular formula is C30H39F3N6O6. The number of ether oxygens (including phenoxy) is 3. The highest BCUT2D eigenvalue weighted by molar-refractivity contribution is 5.97. The Kier molecular flexibility index (Phi) is 10.4. The van der Waals surface area contributed by atoms with Crippen LogP contribution in [0.15, 0.2) is 24.3 Å². The number of carbonyl (C=O) groups excluding carboxylic acids is 1. The predicted octanol–water partition coefficient (Wildman–Crippen LogP) is 4.38. The van der Waals surface area contributed by atoms with E-state index in [-0.39, 0.29) is 29.5 Å². The second kappa shape index (κ2) is 13.9. The molecule has 2 aliphatic rings. The Morgan fingerprint density at radius 1 is 1.07 bits per heavy atom. The summed E-state index contributed by atoms with van der Waals surface area (Å²) >= 11 is 0. The van der Waals surface area contributed by atoms with E-state index in [1.807, 2.05) is 12.1 Å². The van der Waals surface area contributed by atoms with Crippen molar-refractivity contribution in [2.75, 3.05) is 38.3 Å². The van der Waals surface area contributed by atoms with E-state index in [9.17, 15) is 18.0 Å². The molecule has 0 unspecified atom stereocenters. The zero-order valence-corrected chi connectivity index (χ0v) is 25.8. The summed E-state index contributed by atoms with van der Waals surface area (Å²) in [7, 11) is 1.67. The average Bonchev–Trinajstić information content (AvgIpc) is 3.30. The van der Waals surface area contributed by atoms with Crippen molar-refractivity contribution in [1.82, 2.24) is 19.4 Å². The highest BCUT2D eigenvalue weighted by Gasteiger charge is 2.38. The molecular weight excluding hydrogens is 597 g/mol. The molecule has 2 fully saturated rings. The molecule has 1 aromatic carbocycles. The summed E-state index contributed by atoms with van der Waals surface area (Å²) in [6.07, 6.45) is 0.706. The Morgan fingerprint density at radius 2 is 1.71 bits per heavy atom. The Hall–Kier alpha value is -4.14. The fraction of sp³-hybridized carbons (Fsp3) is 0.567. The van der Waals surface area contributed by atoms with Gasteiger partial charge in [0.1, 0.15) is 18.4 Å². The van der Waals surface area contributed by atoms with Gasteiger partial charge in [-0.3, -0.25) is 10.2 Å². The number of aliphatic carboxylic acids is 1. The van der Waals surface area contributed by atoms with Gasteiger partial charge in [0.2, 0.25) is 11.5 Å². The minimum absolute atomic E-state index is 0.0282. The van der Waals surface area contributed by atoms with Crippen LogP contribution in [0, 0.1) is 5.41 Å². The molecule has 0 radical (unpaired) electrons. The number of Topliss-reactive ketones (excluding diaryl/α,β-unsaturated/α-hetero) is 1. The Balaban J connectivity index is 0.000000591. The van der Waals surface area contributed by atoms with Crippen LogP contribution in [0.3, 0.4) is 0 Å². The van der Waals surface area contributed by atoms with E-state index in [2.05, 4.69) is 35.9 Å². The number of morpholine rings is 1. The number of nitrogens with zero attached hydrogens (tertiary/aromatic N) is 5. The van der Waals surface area contributed by atoms with Gasteiger partial charge >= 0.3 is 12.1 Å². The van der Waals surface area contributed by atoms with Crippen molar-refractivity contribution < 1.29 is 42.1 Å². The molecule has 1 saturated heterocycles. The molecule has 2 N–H and O–H groups in total. The van der Waals surface area contributed by atoms with E-state index in [0.717, 1.165) is 42.9 Å². The van der Waals surface area contributed by atoms with Crippen LogP contribution in [0.4, 0.5) is 18.9 Å². The number of anilines is 1. The summed E-state index contributed by atoms with van der Waals surface area (Å²) in [6, 6.07) is 7.39. The fourth-order valence-electron chi connectivity index (χ4n) is 5.25.